The highest BCUT2D eigenvalue weighted by atomic mass is 35.5. The fraction of sp³-hybridized carbons (Fsp3) is 0.300. The number of hydrogen-bond acceptors (Lipinski definition) is 3. The molecular formula is C10H11Cl2NO4S. The van der Waals surface area contributed by atoms with Crippen molar-refractivity contribution < 1.29 is 18.3 Å². The summed E-state index contributed by atoms with van der Waals surface area (Å²) < 4.78 is 24.1. The predicted octanol–water partition coefficient (Wildman–Crippen LogP) is 2.23. The Bertz CT molecular complexity index is 573. The minimum atomic E-state index is -3.79. The fourth-order valence-corrected chi connectivity index (χ4v) is 3.03. The third-order valence-corrected chi connectivity index (χ3v) is 3.99. The van der Waals surface area contributed by atoms with Gasteiger partial charge >= 0.3 is 5.97 Å². The maximum absolute atomic E-state index is 11.7. The molecule has 0 spiro atoms. The van der Waals surface area contributed by atoms with Crippen molar-refractivity contribution in [3.05, 3.63) is 28.2 Å². The number of sulfonamides is 1. The average Bonchev–Trinajstić information content (AvgIpc) is 2.21. The van der Waals surface area contributed by atoms with Crippen LogP contribution in [0.4, 0.5) is 5.69 Å². The first-order chi connectivity index (χ1) is 8.14. The molecule has 1 aromatic rings. The third kappa shape index (κ3) is 3.28. The van der Waals surface area contributed by atoms with Gasteiger partial charge in [0.25, 0.3) is 0 Å². The van der Waals surface area contributed by atoms with Gasteiger partial charge in [-0.3, -0.25) is 4.31 Å². The fourth-order valence-electron chi connectivity index (χ4n) is 1.43. The van der Waals surface area contributed by atoms with E-state index in [2.05, 4.69) is 0 Å². The molecule has 1 N–H and O–H groups in total. The van der Waals surface area contributed by atoms with Crippen molar-refractivity contribution in [2.45, 2.75) is 13.0 Å². The molecule has 0 saturated heterocycles. The van der Waals surface area contributed by atoms with Crippen molar-refractivity contribution >= 4 is 44.9 Å². The Kier molecular flexibility index (Phi) is 4.47. The van der Waals surface area contributed by atoms with Gasteiger partial charge in [-0.05, 0) is 25.1 Å². The molecule has 0 amide bonds. The Hall–Kier alpha value is -0.980. The molecule has 1 aromatic carbocycles. The number of nitrogens with zero attached hydrogens (tertiary/aromatic N) is 1. The van der Waals surface area contributed by atoms with Crippen LogP contribution in [0.3, 0.4) is 0 Å². The molecule has 0 aliphatic heterocycles. The Labute approximate surface area is 115 Å². The molecule has 1 rings (SSSR count). The van der Waals surface area contributed by atoms with Gasteiger partial charge in [-0.2, -0.15) is 0 Å². The SMILES string of the molecule is CC(C(=O)O)N(c1cc(Cl)ccc1Cl)S(C)(=O)=O. The molecule has 0 fully saturated rings. The third-order valence-electron chi connectivity index (χ3n) is 2.21. The normalized spacial score (nSPS) is 13.1. The summed E-state index contributed by atoms with van der Waals surface area (Å²) in [5.74, 6) is -1.28. The first-order valence-electron chi connectivity index (χ1n) is 4.82. The van der Waals surface area contributed by atoms with E-state index in [1.807, 2.05) is 0 Å². The summed E-state index contributed by atoms with van der Waals surface area (Å²) in [6.45, 7) is 1.25. The minimum absolute atomic E-state index is 0.0431. The van der Waals surface area contributed by atoms with Crippen LogP contribution in [0.2, 0.25) is 10.0 Å². The Morgan fingerprint density at radius 1 is 1.39 bits per heavy atom. The number of aliphatic carboxylic acids is 1. The van der Waals surface area contributed by atoms with Crippen molar-refractivity contribution in [1.82, 2.24) is 0 Å². The zero-order valence-electron chi connectivity index (χ0n) is 9.59. The smallest absolute Gasteiger partial charge is 0.327 e. The summed E-state index contributed by atoms with van der Waals surface area (Å²) in [6.07, 6.45) is 0.906. The first-order valence-corrected chi connectivity index (χ1v) is 7.42. The van der Waals surface area contributed by atoms with Gasteiger partial charge in [0.15, 0.2) is 0 Å². The molecule has 1 unspecified atom stereocenters. The van der Waals surface area contributed by atoms with Gasteiger partial charge in [-0.15, -0.1) is 0 Å². The first kappa shape index (κ1) is 15.1. The van der Waals surface area contributed by atoms with Crippen LogP contribution in [0, 0.1) is 0 Å². The topological polar surface area (TPSA) is 74.7 Å². The van der Waals surface area contributed by atoms with Gasteiger partial charge in [0, 0.05) is 5.02 Å². The van der Waals surface area contributed by atoms with E-state index >= 15 is 0 Å². The van der Waals surface area contributed by atoms with Gasteiger partial charge < -0.3 is 5.11 Å². The number of hydrogen-bond donors (Lipinski definition) is 1. The molecule has 0 saturated carbocycles. The molecular weight excluding hydrogens is 301 g/mol. The summed E-state index contributed by atoms with van der Waals surface area (Å²) in [4.78, 5) is 11.0. The van der Waals surface area contributed by atoms with Crippen LogP contribution >= 0.6 is 23.2 Å². The lowest BCUT2D eigenvalue weighted by Crippen LogP contribution is -2.43. The van der Waals surface area contributed by atoms with Crippen molar-refractivity contribution in [2.75, 3.05) is 10.6 Å². The Balaban J connectivity index is 3.45. The van der Waals surface area contributed by atoms with Gasteiger partial charge in [0.05, 0.1) is 17.0 Å². The summed E-state index contributed by atoms with van der Waals surface area (Å²) in [5, 5.41) is 9.33. The standard InChI is InChI=1S/C10H11Cl2NO4S/c1-6(10(14)15)13(18(2,16)17)9-5-7(11)3-4-8(9)12/h3-6H,1-2H3,(H,14,15). The van der Waals surface area contributed by atoms with Crippen LogP contribution < -0.4 is 4.31 Å². The number of carboxylic acid groups (broad SMARTS) is 1. The summed E-state index contributed by atoms with van der Waals surface area (Å²) in [7, 11) is -3.79. The van der Waals surface area contributed by atoms with E-state index in [1.54, 1.807) is 0 Å². The Morgan fingerprint density at radius 3 is 2.39 bits per heavy atom. The number of benzene rings is 1. The van der Waals surface area contributed by atoms with Gasteiger partial charge in [0.2, 0.25) is 10.0 Å². The molecule has 5 nitrogen and oxygen atoms in total. The van der Waals surface area contributed by atoms with E-state index in [9.17, 15) is 13.2 Å². The molecule has 0 aliphatic carbocycles. The molecule has 8 heteroatoms. The molecule has 0 radical (unpaired) electrons. The second-order valence-corrected chi connectivity index (χ2v) is 6.37. The van der Waals surface area contributed by atoms with Gasteiger partial charge in [0.1, 0.15) is 6.04 Å². The van der Waals surface area contributed by atoms with Crippen molar-refractivity contribution in [2.24, 2.45) is 0 Å². The van der Waals surface area contributed by atoms with Gasteiger partial charge in [-0.1, -0.05) is 23.2 Å². The molecule has 0 heterocycles. The second kappa shape index (κ2) is 5.34. The molecule has 100 valence electrons. The number of carbonyl (C=O) groups is 1. The largest absolute Gasteiger partial charge is 0.480 e. The maximum atomic E-state index is 11.7. The molecule has 1 atom stereocenters. The van der Waals surface area contributed by atoms with E-state index in [0.717, 1.165) is 10.6 Å². The lowest BCUT2D eigenvalue weighted by molar-refractivity contribution is -0.137. The van der Waals surface area contributed by atoms with Crippen molar-refractivity contribution in [3.8, 4) is 0 Å². The minimum Gasteiger partial charge on any atom is -0.480 e. The van der Waals surface area contributed by atoms with Crippen molar-refractivity contribution in [3.63, 3.8) is 0 Å². The Morgan fingerprint density at radius 2 is 1.94 bits per heavy atom. The summed E-state index contributed by atoms with van der Waals surface area (Å²) in [6, 6.07) is 2.92. The highest BCUT2D eigenvalue weighted by molar-refractivity contribution is 7.92. The van der Waals surface area contributed by atoms with Crippen LogP contribution in [-0.2, 0) is 14.8 Å². The second-order valence-electron chi connectivity index (χ2n) is 3.67. The van der Waals surface area contributed by atoms with E-state index < -0.39 is 22.0 Å². The zero-order chi connectivity index (χ0) is 14.1. The van der Waals surface area contributed by atoms with Crippen LogP contribution in [0.5, 0.6) is 0 Å². The van der Waals surface area contributed by atoms with E-state index in [-0.39, 0.29) is 15.7 Å². The summed E-state index contributed by atoms with van der Waals surface area (Å²) >= 11 is 11.7. The number of rotatable bonds is 4. The van der Waals surface area contributed by atoms with Crippen LogP contribution in [0.25, 0.3) is 0 Å². The lowest BCUT2D eigenvalue weighted by atomic mass is 10.2. The quantitative estimate of drug-likeness (QED) is 0.925. The van der Waals surface area contributed by atoms with E-state index in [0.29, 0.717) is 0 Å². The zero-order valence-corrected chi connectivity index (χ0v) is 11.9. The van der Waals surface area contributed by atoms with E-state index in [4.69, 9.17) is 28.3 Å². The molecule has 18 heavy (non-hydrogen) atoms. The number of halogens is 2. The number of anilines is 1. The summed E-state index contributed by atoms with van der Waals surface area (Å²) in [5.41, 5.74) is 0.0431. The average molecular weight is 312 g/mol. The molecule has 0 aromatic heterocycles. The maximum Gasteiger partial charge on any atom is 0.327 e. The van der Waals surface area contributed by atoms with Crippen molar-refractivity contribution in [1.29, 1.82) is 0 Å². The van der Waals surface area contributed by atoms with E-state index in [1.165, 1.54) is 25.1 Å². The highest BCUT2D eigenvalue weighted by Gasteiger charge is 2.30. The van der Waals surface area contributed by atoms with Gasteiger partial charge in [-0.25, -0.2) is 13.2 Å². The molecule has 0 aliphatic rings. The highest BCUT2D eigenvalue weighted by Crippen LogP contribution is 2.32. The predicted molar refractivity (Wildman–Crippen MR) is 70.9 cm³/mol. The van der Waals surface area contributed by atoms with Crippen LogP contribution in [0.1, 0.15) is 6.92 Å². The monoisotopic (exact) mass is 311 g/mol. The lowest BCUT2D eigenvalue weighted by Gasteiger charge is -2.27. The van der Waals surface area contributed by atoms with Crippen LogP contribution in [0.15, 0.2) is 18.2 Å². The van der Waals surface area contributed by atoms with Crippen LogP contribution in [-0.4, -0.2) is 31.8 Å². The number of carboxylic acids is 1. The molecule has 0 bridgehead atoms.